The fourth-order valence-electron chi connectivity index (χ4n) is 0.687. The Hall–Kier alpha value is -1.35. The van der Waals surface area contributed by atoms with Crippen LogP contribution in [0.1, 0.15) is 41.5 Å². The van der Waals surface area contributed by atoms with Crippen LogP contribution in [0.5, 0.6) is 0 Å². The number of hydrogen-bond acceptors (Lipinski definition) is 8. The van der Waals surface area contributed by atoms with Crippen LogP contribution in [-0.4, -0.2) is 37.4 Å². The van der Waals surface area contributed by atoms with Crippen molar-refractivity contribution in [3.05, 3.63) is 24.7 Å². The van der Waals surface area contributed by atoms with Gasteiger partial charge in [-0.2, -0.15) is 0 Å². The van der Waals surface area contributed by atoms with Crippen LogP contribution in [0.15, 0.2) is 24.7 Å². The Morgan fingerprint density at radius 2 is 1.12 bits per heavy atom. The molecule has 0 bridgehead atoms. The molecule has 0 aliphatic carbocycles. The summed E-state index contributed by atoms with van der Waals surface area (Å²) in [6, 6.07) is 0. The Morgan fingerprint density at radius 1 is 0.840 bits per heavy atom. The van der Waals surface area contributed by atoms with Gasteiger partial charge in [0.2, 0.25) is 0 Å². The Balaban J connectivity index is -0.000000291. The molecule has 0 atom stereocenters. The van der Waals surface area contributed by atoms with Gasteiger partial charge in [0.15, 0.2) is 0 Å². The minimum atomic E-state index is -1.35. The normalized spacial score (nSPS) is 8.96. The standard InChI is InChI=1S/2C5H8O3.2C3H7O.Ti/c2*1-3-8-4(2)5(6)7;2*1-3(2)4;/h2*2-3H2,1H3,(H,6,7);2*3H,1-2H3;/q;;2*-1;+4/p-2. The van der Waals surface area contributed by atoms with Crippen molar-refractivity contribution in [1.29, 1.82) is 0 Å². The maximum absolute atomic E-state index is 9.75. The first-order valence-corrected chi connectivity index (χ1v) is 8.89. The van der Waals surface area contributed by atoms with Gasteiger partial charge in [-0.1, -0.05) is 13.2 Å². The van der Waals surface area contributed by atoms with Crippen LogP contribution in [0.2, 0.25) is 0 Å². The van der Waals surface area contributed by atoms with E-state index in [0.717, 1.165) is 0 Å². The molecule has 0 aromatic heterocycles. The van der Waals surface area contributed by atoms with E-state index in [4.69, 9.17) is 6.64 Å². The van der Waals surface area contributed by atoms with Gasteiger partial charge in [0.1, 0.15) is 23.5 Å². The predicted octanol–water partition coefficient (Wildman–Crippen LogP) is 0.322. The summed E-state index contributed by atoms with van der Waals surface area (Å²) in [5.74, 6) is -3.33. The molecule has 0 radical (unpaired) electrons. The summed E-state index contributed by atoms with van der Waals surface area (Å²) in [6.45, 7) is 18.2. The first kappa shape index (κ1) is 28.5. The molecule has 0 fully saturated rings. The molecule has 8 nitrogen and oxygen atoms in total. The summed E-state index contributed by atoms with van der Waals surface area (Å²) in [5, 5.41) is 19.5. The number of ether oxygens (including phenoxy) is 2. The van der Waals surface area contributed by atoms with E-state index in [1.807, 2.05) is 27.7 Å². The molecule has 0 saturated carbocycles. The molecular formula is C16H28O8Ti. The number of aliphatic carboxylic acids is 2. The second kappa shape index (κ2) is 19.0. The van der Waals surface area contributed by atoms with E-state index in [1.54, 1.807) is 13.8 Å². The quantitative estimate of drug-likeness (QED) is 0.294. The summed E-state index contributed by atoms with van der Waals surface area (Å²) >= 11 is -0.574. The number of carbonyl (C=O) groups is 2. The van der Waals surface area contributed by atoms with E-state index in [9.17, 15) is 19.8 Å². The predicted molar refractivity (Wildman–Crippen MR) is 84.0 cm³/mol. The molecule has 0 unspecified atom stereocenters. The molecule has 0 aliphatic heterocycles. The zero-order valence-electron chi connectivity index (χ0n) is 15.7. The number of carbonyl (C=O) groups excluding carboxylic acids is 2. The Kier molecular flexibility index (Phi) is 21.6. The van der Waals surface area contributed by atoms with Gasteiger partial charge in [-0.15, -0.1) is 0 Å². The minimum absolute atomic E-state index is 0.312. The Labute approximate surface area is 159 Å². The summed E-state index contributed by atoms with van der Waals surface area (Å²) in [4.78, 5) is 19.5. The van der Waals surface area contributed by atoms with Gasteiger partial charge >= 0.3 is 66.5 Å². The molecule has 0 spiro atoms. The van der Waals surface area contributed by atoms with Crippen molar-refractivity contribution in [3.8, 4) is 0 Å². The third kappa shape index (κ3) is 27.8. The topological polar surface area (TPSA) is 117 Å². The summed E-state index contributed by atoms with van der Waals surface area (Å²) in [6.07, 6.45) is 0.646. The molecule has 0 rings (SSSR count). The van der Waals surface area contributed by atoms with Gasteiger partial charge in [-0.3, -0.25) is 0 Å². The molecule has 0 heterocycles. The monoisotopic (exact) mass is 396 g/mol. The Morgan fingerprint density at radius 3 is 1.24 bits per heavy atom. The SMILES string of the molecule is C=C(OCC)C(=O)[O-].C=C(OCC)C(=O)[O-].CC(C)[O][Ti+2][O]C(C)C. The van der Waals surface area contributed by atoms with Crippen LogP contribution < -0.4 is 10.2 Å². The van der Waals surface area contributed by atoms with E-state index in [0.29, 0.717) is 25.4 Å². The van der Waals surface area contributed by atoms with E-state index >= 15 is 0 Å². The van der Waals surface area contributed by atoms with Gasteiger partial charge in [0.25, 0.3) is 0 Å². The van der Waals surface area contributed by atoms with E-state index < -0.39 is 31.9 Å². The van der Waals surface area contributed by atoms with Gasteiger partial charge in [0.05, 0.1) is 13.2 Å². The average Bonchev–Trinajstić information content (AvgIpc) is 2.48. The van der Waals surface area contributed by atoms with Crippen molar-refractivity contribution >= 4 is 11.9 Å². The van der Waals surface area contributed by atoms with Gasteiger partial charge < -0.3 is 29.3 Å². The van der Waals surface area contributed by atoms with Crippen molar-refractivity contribution in [1.82, 2.24) is 0 Å². The third-order valence-corrected chi connectivity index (χ3v) is 3.43. The second-order valence-electron chi connectivity index (χ2n) is 4.70. The molecule has 9 heteroatoms. The number of carboxylic acid groups (broad SMARTS) is 2. The van der Waals surface area contributed by atoms with E-state index in [1.165, 1.54) is 0 Å². The number of hydrogen-bond donors (Lipinski definition) is 0. The van der Waals surface area contributed by atoms with Gasteiger partial charge in [-0.25, -0.2) is 0 Å². The van der Waals surface area contributed by atoms with E-state index in [2.05, 4.69) is 22.6 Å². The van der Waals surface area contributed by atoms with Crippen LogP contribution in [0.4, 0.5) is 0 Å². The summed E-state index contributed by atoms with van der Waals surface area (Å²) in [5.41, 5.74) is 0. The van der Waals surface area contributed by atoms with Gasteiger partial charge in [-0.05, 0) is 13.8 Å². The second-order valence-corrected chi connectivity index (χ2v) is 5.70. The zero-order valence-corrected chi connectivity index (χ0v) is 17.3. The zero-order chi connectivity index (χ0) is 20.4. The first-order chi connectivity index (χ1) is 11.5. The summed E-state index contributed by atoms with van der Waals surface area (Å²) in [7, 11) is 0. The fourth-order valence-corrected chi connectivity index (χ4v) is 1.37. The number of rotatable bonds is 10. The molecule has 144 valence electrons. The van der Waals surface area contributed by atoms with Crippen molar-refractivity contribution in [2.75, 3.05) is 13.2 Å². The molecular weight excluding hydrogens is 368 g/mol. The number of carboxylic acids is 2. The van der Waals surface area contributed by atoms with Crippen LogP contribution in [0.25, 0.3) is 0 Å². The average molecular weight is 396 g/mol. The first-order valence-electron chi connectivity index (χ1n) is 7.61. The molecule has 25 heavy (non-hydrogen) atoms. The fraction of sp³-hybridized carbons (Fsp3) is 0.625. The van der Waals surface area contributed by atoms with E-state index in [-0.39, 0.29) is 11.5 Å². The molecule has 0 saturated heterocycles. The van der Waals surface area contributed by atoms with Crippen LogP contribution in [0.3, 0.4) is 0 Å². The molecule has 0 aromatic carbocycles. The van der Waals surface area contributed by atoms with Crippen molar-refractivity contribution in [3.63, 3.8) is 0 Å². The summed E-state index contributed by atoms with van der Waals surface area (Å²) < 4.78 is 19.4. The van der Waals surface area contributed by atoms with Crippen LogP contribution in [-0.2, 0) is 45.6 Å². The third-order valence-electron chi connectivity index (χ3n) is 1.66. The molecule has 0 aromatic rings. The molecule has 0 amide bonds. The van der Waals surface area contributed by atoms with Crippen LogP contribution in [0, 0.1) is 0 Å². The van der Waals surface area contributed by atoms with Crippen molar-refractivity contribution in [2.24, 2.45) is 0 Å². The van der Waals surface area contributed by atoms with Crippen LogP contribution >= 0.6 is 0 Å². The van der Waals surface area contributed by atoms with Crippen molar-refractivity contribution < 1.29 is 55.8 Å². The molecule has 0 aliphatic rings. The van der Waals surface area contributed by atoms with Crippen molar-refractivity contribution in [2.45, 2.75) is 53.8 Å². The maximum atomic E-state index is 9.75. The van der Waals surface area contributed by atoms with Gasteiger partial charge in [0, 0.05) is 0 Å². The molecule has 0 N–H and O–H groups in total. The Bertz CT molecular complexity index is 358.